The van der Waals surface area contributed by atoms with Crippen LogP contribution in [0, 0.1) is 0 Å². The predicted octanol–water partition coefficient (Wildman–Crippen LogP) is 1.89. The maximum Gasteiger partial charge on any atom is 0.264 e. The lowest BCUT2D eigenvalue weighted by Crippen LogP contribution is -2.32. The molecule has 6 heteroatoms. The molecule has 2 atom stereocenters. The average Bonchev–Trinajstić information content (AvgIpc) is 2.71. The van der Waals surface area contributed by atoms with Crippen molar-refractivity contribution in [3.63, 3.8) is 0 Å². The number of rotatable bonds is 3. The van der Waals surface area contributed by atoms with Gasteiger partial charge in [-0.2, -0.15) is 14.7 Å². The number of hydrogen-bond donors (Lipinski definition) is 2. The van der Waals surface area contributed by atoms with Gasteiger partial charge in [-0.3, -0.25) is 0 Å². The largest absolute Gasteiger partial charge is 0.264 e. The molecule has 0 aromatic heterocycles. The first kappa shape index (κ1) is 11.5. The van der Waals surface area contributed by atoms with Gasteiger partial charge in [0, 0.05) is 5.56 Å². The molecule has 1 saturated heterocycles. The summed E-state index contributed by atoms with van der Waals surface area (Å²) in [7, 11) is 0. The molecular formula is C10H12O6. The van der Waals surface area contributed by atoms with Crippen LogP contribution < -0.4 is 0 Å². The van der Waals surface area contributed by atoms with E-state index < -0.39 is 11.6 Å². The third-order valence-corrected chi connectivity index (χ3v) is 2.46. The van der Waals surface area contributed by atoms with Crippen molar-refractivity contribution in [3.8, 4) is 0 Å². The Kier molecular flexibility index (Phi) is 2.94. The van der Waals surface area contributed by atoms with E-state index in [2.05, 4.69) is 9.78 Å². The van der Waals surface area contributed by atoms with Gasteiger partial charge in [0.05, 0.1) is 6.42 Å². The van der Waals surface area contributed by atoms with Gasteiger partial charge in [-0.05, 0) is 6.92 Å². The normalized spacial score (nSPS) is 34.2. The van der Waals surface area contributed by atoms with Gasteiger partial charge in [0.1, 0.15) is 0 Å². The van der Waals surface area contributed by atoms with Crippen LogP contribution in [-0.4, -0.2) is 16.3 Å². The van der Waals surface area contributed by atoms with Crippen molar-refractivity contribution >= 4 is 0 Å². The van der Waals surface area contributed by atoms with Gasteiger partial charge < -0.3 is 0 Å². The fraction of sp³-hybridized carbons (Fsp3) is 0.400. The van der Waals surface area contributed by atoms with Crippen LogP contribution in [0.5, 0.6) is 0 Å². The second-order valence-electron chi connectivity index (χ2n) is 3.78. The van der Waals surface area contributed by atoms with Crippen LogP contribution in [0.15, 0.2) is 30.3 Å². The fourth-order valence-corrected chi connectivity index (χ4v) is 1.63. The molecule has 1 heterocycles. The van der Waals surface area contributed by atoms with E-state index in [1.165, 1.54) is 6.92 Å². The van der Waals surface area contributed by atoms with Gasteiger partial charge in [-0.25, -0.2) is 15.4 Å². The third kappa shape index (κ3) is 1.82. The smallest absolute Gasteiger partial charge is 0.249 e. The van der Waals surface area contributed by atoms with Crippen LogP contribution in [0.4, 0.5) is 0 Å². The zero-order chi connectivity index (χ0) is 11.6. The minimum atomic E-state index is -1.49. The molecule has 2 N–H and O–H groups in total. The van der Waals surface area contributed by atoms with Gasteiger partial charge in [0.2, 0.25) is 5.79 Å². The molecule has 6 nitrogen and oxygen atoms in total. The minimum absolute atomic E-state index is 0.0169. The van der Waals surface area contributed by atoms with Gasteiger partial charge in [-0.15, -0.1) is 0 Å². The maximum atomic E-state index is 8.96. The van der Waals surface area contributed by atoms with Crippen molar-refractivity contribution in [2.75, 3.05) is 0 Å². The highest BCUT2D eigenvalue weighted by atomic mass is 17.3. The second-order valence-corrected chi connectivity index (χ2v) is 3.78. The van der Waals surface area contributed by atoms with Crippen molar-refractivity contribution < 1.29 is 30.1 Å². The Bertz CT molecular complexity index is 356. The third-order valence-electron chi connectivity index (χ3n) is 2.46. The topological polar surface area (TPSA) is 77.4 Å². The second kappa shape index (κ2) is 4.10. The Hall–Kier alpha value is -1.02. The van der Waals surface area contributed by atoms with Crippen molar-refractivity contribution in [1.29, 1.82) is 0 Å². The summed E-state index contributed by atoms with van der Waals surface area (Å²) in [6.45, 7) is 1.46. The van der Waals surface area contributed by atoms with Crippen molar-refractivity contribution in [1.82, 2.24) is 0 Å². The predicted molar refractivity (Wildman–Crippen MR) is 50.7 cm³/mol. The Labute approximate surface area is 91.7 Å². The highest BCUT2D eigenvalue weighted by molar-refractivity contribution is 5.21. The lowest BCUT2D eigenvalue weighted by molar-refractivity contribution is -0.510. The first-order chi connectivity index (χ1) is 7.64. The van der Waals surface area contributed by atoms with Gasteiger partial charge in [0.15, 0.2) is 0 Å². The molecule has 1 fully saturated rings. The summed E-state index contributed by atoms with van der Waals surface area (Å²) in [6.07, 6.45) is -0.0169. The highest BCUT2D eigenvalue weighted by Crippen LogP contribution is 2.43. The van der Waals surface area contributed by atoms with E-state index >= 15 is 0 Å². The number of benzene rings is 1. The molecule has 2 unspecified atom stereocenters. The fourth-order valence-electron chi connectivity index (χ4n) is 1.63. The van der Waals surface area contributed by atoms with Crippen LogP contribution in [-0.2, 0) is 25.3 Å². The van der Waals surface area contributed by atoms with Gasteiger partial charge >= 0.3 is 0 Å². The van der Waals surface area contributed by atoms with E-state index in [4.69, 9.17) is 20.3 Å². The van der Waals surface area contributed by atoms with Gasteiger partial charge in [-0.1, -0.05) is 30.3 Å². The van der Waals surface area contributed by atoms with E-state index in [1.807, 2.05) is 6.07 Å². The quantitative estimate of drug-likeness (QED) is 0.607. The Morgan fingerprint density at radius 2 is 1.81 bits per heavy atom. The van der Waals surface area contributed by atoms with Crippen LogP contribution in [0.2, 0.25) is 0 Å². The summed E-state index contributed by atoms with van der Waals surface area (Å²) in [4.78, 5) is 18.2. The summed E-state index contributed by atoms with van der Waals surface area (Å²) >= 11 is 0. The van der Waals surface area contributed by atoms with E-state index in [0.29, 0.717) is 5.56 Å². The van der Waals surface area contributed by atoms with Crippen molar-refractivity contribution in [3.05, 3.63) is 35.9 Å². The summed E-state index contributed by atoms with van der Waals surface area (Å²) in [6, 6.07) is 8.72. The summed E-state index contributed by atoms with van der Waals surface area (Å²) in [5, 5.41) is 17.6. The molecule has 1 aromatic rings. The summed E-state index contributed by atoms with van der Waals surface area (Å²) in [5.74, 6) is -2.86. The molecule has 0 radical (unpaired) electrons. The van der Waals surface area contributed by atoms with Crippen LogP contribution in [0.1, 0.15) is 18.9 Å². The molecule has 1 aliphatic heterocycles. The van der Waals surface area contributed by atoms with E-state index in [-0.39, 0.29) is 6.42 Å². The standard InChI is InChI=1S/C10H12O6/c1-9(13-11)7-10(14-12,16-15-9)8-5-3-2-4-6-8/h2-6,11-12H,7H2,1H3. The Balaban J connectivity index is 2.30. The van der Waals surface area contributed by atoms with E-state index in [1.54, 1.807) is 24.3 Å². The molecule has 88 valence electrons. The SMILES string of the molecule is CC1(OO)CC(OO)(c2ccccc2)OO1. The van der Waals surface area contributed by atoms with Crippen LogP contribution in [0.25, 0.3) is 0 Å². The van der Waals surface area contributed by atoms with Crippen LogP contribution in [0.3, 0.4) is 0 Å². The zero-order valence-corrected chi connectivity index (χ0v) is 8.62. The molecular weight excluding hydrogens is 216 g/mol. The molecule has 2 rings (SSSR count). The van der Waals surface area contributed by atoms with E-state index in [9.17, 15) is 0 Å². The van der Waals surface area contributed by atoms with Gasteiger partial charge in [0.25, 0.3) is 5.79 Å². The first-order valence-electron chi connectivity index (χ1n) is 4.72. The monoisotopic (exact) mass is 228 g/mol. The molecule has 0 bridgehead atoms. The van der Waals surface area contributed by atoms with Crippen molar-refractivity contribution in [2.24, 2.45) is 0 Å². The number of hydrogen-bond acceptors (Lipinski definition) is 6. The summed E-state index contributed by atoms with van der Waals surface area (Å²) in [5.41, 5.74) is 0.554. The summed E-state index contributed by atoms with van der Waals surface area (Å²) < 4.78 is 0. The average molecular weight is 228 g/mol. The first-order valence-corrected chi connectivity index (χ1v) is 4.72. The molecule has 1 aromatic carbocycles. The lowest BCUT2D eigenvalue weighted by atomic mass is 9.99. The molecule has 16 heavy (non-hydrogen) atoms. The van der Waals surface area contributed by atoms with Crippen LogP contribution >= 0.6 is 0 Å². The maximum absolute atomic E-state index is 8.96. The van der Waals surface area contributed by atoms with Crippen molar-refractivity contribution in [2.45, 2.75) is 24.9 Å². The minimum Gasteiger partial charge on any atom is -0.249 e. The lowest BCUT2D eigenvalue weighted by Gasteiger charge is -2.22. The Morgan fingerprint density at radius 3 is 2.31 bits per heavy atom. The Morgan fingerprint density at radius 1 is 1.12 bits per heavy atom. The molecule has 0 spiro atoms. The molecule has 0 aliphatic carbocycles. The molecule has 0 amide bonds. The van der Waals surface area contributed by atoms with E-state index in [0.717, 1.165) is 0 Å². The molecule has 1 aliphatic rings. The zero-order valence-electron chi connectivity index (χ0n) is 8.62. The molecule has 0 saturated carbocycles. The highest BCUT2D eigenvalue weighted by Gasteiger charge is 2.54.